The minimum atomic E-state index is 0.762. The number of nitrogens with zero attached hydrogens (tertiary/aromatic N) is 2. The molecule has 0 bridgehead atoms. The van der Waals surface area contributed by atoms with Crippen LogP contribution in [0.15, 0.2) is 255 Å². The van der Waals surface area contributed by atoms with Gasteiger partial charge in [-0.25, -0.2) is 0 Å². The maximum absolute atomic E-state index is 6.97. The first-order valence-corrected chi connectivity index (χ1v) is 23.1. The van der Waals surface area contributed by atoms with Crippen molar-refractivity contribution in [3.05, 3.63) is 265 Å². The second-order valence-electron chi connectivity index (χ2n) is 17.1. The minimum absolute atomic E-state index is 0.762. The second kappa shape index (κ2) is 17.4. The van der Waals surface area contributed by atoms with Crippen LogP contribution in [0.5, 0.6) is 5.75 Å². The molecule has 2 aliphatic rings. The normalized spacial score (nSPS) is 12.4. The highest BCUT2D eigenvalue weighted by molar-refractivity contribution is 5.94. The van der Waals surface area contributed by atoms with Gasteiger partial charge in [0.2, 0.25) is 0 Å². The van der Waals surface area contributed by atoms with E-state index in [1.165, 1.54) is 61.0 Å². The molecule has 67 heavy (non-hydrogen) atoms. The third-order valence-electron chi connectivity index (χ3n) is 13.1. The summed E-state index contributed by atoms with van der Waals surface area (Å²) in [5, 5.41) is 2.34. The molecular formula is C64H46N2O. The Morgan fingerprint density at radius 1 is 0.284 bits per heavy atom. The Kier molecular flexibility index (Phi) is 10.3. The molecule has 1 aliphatic heterocycles. The molecule has 3 nitrogen and oxygen atoms in total. The van der Waals surface area contributed by atoms with Crippen molar-refractivity contribution in [1.82, 2.24) is 0 Å². The minimum Gasteiger partial charge on any atom is -0.460 e. The fourth-order valence-corrected chi connectivity index (χ4v) is 10.1. The summed E-state index contributed by atoms with van der Waals surface area (Å²) in [7, 11) is 0. The van der Waals surface area contributed by atoms with Gasteiger partial charge < -0.3 is 14.5 Å². The van der Waals surface area contributed by atoms with Crippen molar-refractivity contribution < 1.29 is 4.74 Å². The van der Waals surface area contributed by atoms with Gasteiger partial charge in [-0.15, -0.1) is 0 Å². The molecule has 12 rings (SSSR count). The molecule has 3 heteroatoms. The van der Waals surface area contributed by atoms with Crippen molar-refractivity contribution in [1.29, 1.82) is 0 Å². The zero-order chi connectivity index (χ0) is 44.5. The van der Waals surface area contributed by atoms with Gasteiger partial charge in [0.05, 0.1) is 0 Å². The Bertz CT molecular complexity index is 3360. The molecule has 10 aromatic rings. The third kappa shape index (κ3) is 7.47. The highest BCUT2D eigenvalue weighted by Crippen LogP contribution is 2.45. The lowest BCUT2D eigenvalue weighted by atomic mass is 9.90. The monoisotopic (exact) mass is 858 g/mol. The molecular weight excluding hydrogens is 813 g/mol. The van der Waals surface area contributed by atoms with Crippen LogP contribution < -0.4 is 25.0 Å². The Balaban J connectivity index is 1.09. The highest BCUT2D eigenvalue weighted by atomic mass is 16.5. The number of anilines is 5. The fraction of sp³-hybridized carbons (Fsp3) is 0.0312. The Labute approximate surface area is 392 Å². The number of ether oxygens (including phenoxy) is 1. The molecule has 0 saturated carbocycles. The van der Waals surface area contributed by atoms with Crippen LogP contribution in [-0.4, -0.2) is 0 Å². The highest BCUT2D eigenvalue weighted by Gasteiger charge is 2.28. The van der Waals surface area contributed by atoms with Gasteiger partial charge in [0, 0.05) is 56.6 Å². The predicted octanol–water partition coefficient (Wildman–Crippen LogP) is 15.7. The van der Waals surface area contributed by atoms with Gasteiger partial charge >= 0.3 is 0 Å². The summed E-state index contributed by atoms with van der Waals surface area (Å²) in [5.74, 6) is 1.91. The zero-order valence-corrected chi connectivity index (χ0v) is 37.0. The van der Waals surface area contributed by atoms with Crippen molar-refractivity contribution in [3.63, 3.8) is 0 Å². The molecule has 0 radical (unpaired) electrons. The number of hydrogen-bond acceptors (Lipinski definition) is 3. The molecule has 0 atom stereocenters. The van der Waals surface area contributed by atoms with Crippen LogP contribution in [0, 0.1) is 0 Å². The number of para-hydroxylation sites is 2. The van der Waals surface area contributed by atoms with Crippen molar-refractivity contribution in [2.24, 2.45) is 0 Å². The Morgan fingerprint density at radius 2 is 0.701 bits per heavy atom. The molecule has 0 fully saturated rings. The Morgan fingerprint density at radius 3 is 1.19 bits per heavy atom. The van der Waals surface area contributed by atoms with Crippen LogP contribution in [0.1, 0.15) is 12.8 Å². The largest absolute Gasteiger partial charge is 0.460 e. The van der Waals surface area contributed by atoms with Gasteiger partial charge in [-0.1, -0.05) is 188 Å². The van der Waals surface area contributed by atoms with Crippen LogP contribution in [0.4, 0.5) is 28.4 Å². The van der Waals surface area contributed by atoms with Crippen molar-refractivity contribution in [3.8, 4) is 61.4 Å². The van der Waals surface area contributed by atoms with Crippen molar-refractivity contribution in [2.75, 3.05) is 9.80 Å². The van der Waals surface area contributed by atoms with E-state index >= 15 is 0 Å². The van der Waals surface area contributed by atoms with Crippen molar-refractivity contribution >= 4 is 39.9 Å². The van der Waals surface area contributed by atoms with Gasteiger partial charge in [-0.3, -0.25) is 0 Å². The average molecular weight is 859 g/mol. The molecule has 0 saturated heterocycles. The first-order chi connectivity index (χ1) is 33.2. The predicted molar refractivity (Wildman–Crippen MR) is 279 cm³/mol. The van der Waals surface area contributed by atoms with E-state index in [9.17, 15) is 0 Å². The van der Waals surface area contributed by atoms with E-state index in [-0.39, 0.29) is 0 Å². The lowest BCUT2D eigenvalue weighted by Crippen LogP contribution is -2.40. The molecule has 0 spiro atoms. The summed E-state index contributed by atoms with van der Waals surface area (Å²) in [5.41, 5.74) is 18.5. The van der Waals surface area contributed by atoms with E-state index in [0.29, 0.717) is 0 Å². The van der Waals surface area contributed by atoms with Gasteiger partial charge in [0.15, 0.2) is 0 Å². The van der Waals surface area contributed by atoms with Crippen LogP contribution in [0.25, 0.3) is 67.1 Å². The summed E-state index contributed by atoms with van der Waals surface area (Å²) < 4.78 is 6.97. The standard InChI is InChI=1S/C64H46N2O/c1-7-20-45(21-8-1)54-37-34-52(42-58(54)47-24-11-3-12-25-47)66(53-35-38-55(46-22-9-2-10-23-46)59(43-53)48-26-13-4-14-27-48)61-39-41-63-64-56(32-19-33-57(61)64)60-44-51(36-40-62(60)67-63)65(49-28-15-5-16-29-49)50-30-17-6-18-31-50/h1-38,40,42-44H,39,41H2. The topological polar surface area (TPSA) is 15.7 Å². The summed E-state index contributed by atoms with van der Waals surface area (Å²) in [6.45, 7) is 0. The summed E-state index contributed by atoms with van der Waals surface area (Å²) in [6.07, 6.45) is 1.55. The van der Waals surface area contributed by atoms with E-state index in [4.69, 9.17) is 4.74 Å². The van der Waals surface area contributed by atoms with E-state index in [1.807, 2.05) is 0 Å². The molecule has 0 amide bonds. The number of hydrogen-bond donors (Lipinski definition) is 0. The molecule has 1 aliphatic carbocycles. The second-order valence-corrected chi connectivity index (χ2v) is 17.1. The van der Waals surface area contributed by atoms with Gasteiger partial charge in [-0.2, -0.15) is 0 Å². The summed E-state index contributed by atoms with van der Waals surface area (Å²) >= 11 is 0. The van der Waals surface area contributed by atoms with Crippen LogP contribution in [-0.2, 0) is 0 Å². The zero-order valence-electron chi connectivity index (χ0n) is 37.0. The SMILES string of the molecule is c1ccc(-c2ccc(N(C3=c4cccc5c4=C(CC3)Oc3ccc(N(c4ccccc4)c4ccccc4)cc3-5)c3ccc(-c4ccccc4)c(-c4ccccc4)c3)cc2-c2ccccc2)cc1. The number of benzene rings is 10. The number of rotatable bonds is 10. The van der Waals surface area contributed by atoms with Gasteiger partial charge in [-0.05, 0) is 123 Å². The Hall–Kier alpha value is -8.66. The molecule has 0 N–H and O–H groups in total. The first kappa shape index (κ1) is 39.9. The lowest BCUT2D eigenvalue weighted by molar-refractivity contribution is 0.480. The summed E-state index contributed by atoms with van der Waals surface area (Å²) in [6, 6.07) is 91.8. The third-order valence-corrected chi connectivity index (χ3v) is 13.1. The summed E-state index contributed by atoms with van der Waals surface area (Å²) in [4.78, 5) is 4.84. The lowest BCUT2D eigenvalue weighted by Gasteiger charge is -2.33. The number of fused-ring (bicyclic) bond motifs is 2. The average Bonchev–Trinajstić information content (AvgIpc) is 3.41. The van der Waals surface area contributed by atoms with Crippen LogP contribution in [0.3, 0.4) is 0 Å². The molecule has 318 valence electrons. The van der Waals surface area contributed by atoms with Crippen LogP contribution >= 0.6 is 0 Å². The van der Waals surface area contributed by atoms with Crippen molar-refractivity contribution in [2.45, 2.75) is 12.8 Å². The van der Waals surface area contributed by atoms with Crippen LogP contribution in [0.2, 0.25) is 0 Å². The van der Waals surface area contributed by atoms with Gasteiger partial charge in [0.25, 0.3) is 0 Å². The first-order valence-electron chi connectivity index (χ1n) is 23.1. The fourth-order valence-electron chi connectivity index (χ4n) is 10.1. The van der Waals surface area contributed by atoms with E-state index < -0.39 is 0 Å². The smallest absolute Gasteiger partial charge is 0.134 e. The molecule has 10 aromatic carbocycles. The quantitative estimate of drug-likeness (QED) is 0.136. The van der Waals surface area contributed by atoms with Gasteiger partial charge in [0.1, 0.15) is 11.5 Å². The van der Waals surface area contributed by atoms with E-state index in [2.05, 4.69) is 265 Å². The molecule has 0 unspecified atom stereocenters. The molecule has 0 aromatic heterocycles. The maximum Gasteiger partial charge on any atom is 0.134 e. The maximum atomic E-state index is 6.97. The van der Waals surface area contributed by atoms with E-state index in [0.717, 1.165) is 63.6 Å². The molecule has 1 heterocycles. The van der Waals surface area contributed by atoms with E-state index in [1.54, 1.807) is 0 Å².